The van der Waals surface area contributed by atoms with Gasteiger partial charge in [-0.25, -0.2) is 8.42 Å². The van der Waals surface area contributed by atoms with Crippen LogP contribution in [0.2, 0.25) is 0 Å². The fraction of sp³-hybridized carbons (Fsp3) is 0.500. The topological polar surface area (TPSA) is 78.6 Å². The summed E-state index contributed by atoms with van der Waals surface area (Å²) in [6.45, 7) is 0.272. The normalized spacial score (nSPS) is 12.3. The lowest BCUT2D eigenvalue weighted by atomic mass is 10.1. The van der Waals surface area contributed by atoms with Gasteiger partial charge in [-0.3, -0.25) is 0 Å². The Labute approximate surface area is 120 Å². The quantitative estimate of drug-likeness (QED) is 0.857. The zero-order valence-corrected chi connectivity index (χ0v) is 12.3. The number of hydrogen-bond acceptors (Lipinski definition) is 5. The van der Waals surface area contributed by atoms with Crippen LogP contribution in [0.1, 0.15) is 5.56 Å². The van der Waals surface area contributed by atoms with Gasteiger partial charge in [0.05, 0.1) is 14.2 Å². The van der Waals surface area contributed by atoms with Crippen molar-refractivity contribution in [1.82, 2.24) is 0 Å². The molecule has 5 nitrogen and oxygen atoms in total. The highest BCUT2D eigenvalue weighted by atomic mass is 32.2. The Morgan fingerprint density at radius 2 is 1.71 bits per heavy atom. The van der Waals surface area contributed by atoms with Gasteiger partial charge < -0.3 is 15.2 Å². The maximum atomic E-state index is 12.4. The van der Waals surface area contributed by atoms with E-state index in [1.165, 1.54) is 20.3 Å². The summed E-state index contributed by atoms with van der Waals surface area (Å²) in [6, 6.07) is 2.36. The minimum atomic E-state index is -4.84. The molecule has 0 amide bonds. The van der Waals surface area contributed by atoms with E-state index in [2.05, 4.69) is 0 Å². The van der Waals surface area contributed by atoms with Crippen LogP contribution in [-0.2, 0) is 16.3 Å². The van der Waals surface area contributed by atoms with Gasteiger partial charge >= 0.3 is 6.18 Å². The summed E-state index contributed by atoms with van der Waals surface area (Å²) < 4.78 is 70.8. The van der Waals surface area contributed by atoms with Crippen molar-refractivity contribution in [3.05, 3.63) is 17.7 Å². The molecule has 2 N–H and O–H groups in total. The number of methoxy groups -OCH3 is 2. The third kappa shape index (κ3) is 4.50. The zero-order valence-electron chi connectivity index (χ0n) is 11.5. The third-order valence-corrected chi connectivity index (χ3v) is 4.37. The summed E-state index contributed by atoms with van der Waals surface area (Å²) in [5.74, 6) is -1.97. The lowest BCUT2D eigenvalue weighted by Crippen LogP contribution is -2.23. The Balaban J connectivity index is 3.41. The monoisotopic (exact) mass is 327 g/mol. The molecule has 0 heterocycles. The Kier molecular flexibility index (Phi) is 5.46. The Hall–Kier alpha value is -1.48. The van der Waals surface area contributed by atoms with E-state index in [0.29, 0.717) is 12.0 Å². The molecular weight excluding hydrogens is 311 g/mol. The molecule has 0 saturated carbocycles. The van der Waals surface area contributed by atoms with Gasteiger partial charge in [0, 0.05) is 6.07 Å². The molecular formula is C12H16F3NO4S. The van der Waals surface area contributed by atoms with Crippen LogP contribution in [0, 0.1) is 0 Å². The molecule has 1 aromatic rings. The first-order valence-electron chi connectivity index (χ1n) is 5.89. The average molecular weight is 327 g/mol. The van der Waals surface area contributed by atoms with Gasteiger partial charge in [-0.05, 0) is 24.6 Å². The van der Waals surface area contributed by atoms with E-state index in [1.54, 1.807) is 0 Å². The fourth-order valence-corrected chi connectivity index (χ4v) is 3.14. The van der Waals surface area contributed by atoms with Gasteiger partial charge in [0.25, 0.3) is 0 Å². The second-order valence-corrected chi connectivity index (χ2v) is 6.19. The first-order valence-corrected chi connectivity index (χ1v) is 7.54. The number of sulfone groups is 1. The summed E-state index contributed by atoms with van der Waals surface area (Å²) in [6.07, 6.45) is -4.47. The molecule has 0 bridgehead atoms. The number of ether oxygens (including phenoxy) is 2. The molecule has 0 saturated heterocycles. The van der Waals surface area contributed by atoms with Crippen LogP contribution >= 0.6 is 0 Å². The van der Waals surface area contributed by atoms with Gasteiger partial charge in [-0.2, -0.15) is 13.2 Å². The standard InChI is InChI=1S/C12H16F3NO4S/c1-19-9-6-11(21(17,18)7-12(13,14)15)10(20-2)5-8(9)3-4-16/h5-6H,3-4,7,16H2,1-2H3. The summed E-state index contributed by atoms with van der Waals surface area (Å²) in [5, 5.41) is 0. The molecule has 0 aliphatic carbocycles. The number of hydrogen-bond donors (Lipinski definition) is 1. The molecule has 1 rings (SSSR count). The molecule has 0 aromatic heterocycles. The van der Waals surface area contributed by atoms with Crippen LogP contribution in [-0.4, -0.2) is 41.1 Å². The number of halogens is 3. The van der Waals surface area contributed by atoms with Gasteiger partial charge in [-0.15, -0.1) is 0 Å². The van der Waals surface area contributed by atoms with Crippen LogP contribution < -0.4 is 15.2 Å². The molecule has 0 radical (unpaired) electrons. The van der Waals surface area contributed by atoms with Crippen LogP contribution in [0.4, 0.5) is 13.2 Å². The molecule has 0 aliphatic heterocycles. The summed E-state index contributed by atoms with van der Waals surface area (Å²) in [4.78, 5) is -0.556. The Bertz CT molecular complexity index is 599. The van der Waals surface area contributed by atoms with Crippen molar-refractivity contribution in [1.29, 1.82) is 0 Å². The number of nitrogens with two attached hydrogens (primary N) is 1. The van der Waals surface area contributed by atoms with E-state index in [9.17, 15) is 21.6 Å². The van der Waals surface area contributed by atoms with E-state index < -0.39 is 26.7 Å². The van der Waals surface area contributed by atoms with Crippen molar-refractivity contribution in [2.24, 2.45) is 5.73 Å². The van der Waals surface area contributed by atoms with Crippen molar-refractivity contribution in [2.75, 3.05) is 26.5 Å². The van der Waals surface area contributed by atoms with Crippen LogP contribution in [0.3, 0.4) is 0 Å². The van der Waals surface area contributed by atoms with Crippen molar-refractivity contribution in [3.8, 4) is 11.5 Å². The Morgan fingerprint density at radius 1 is 1.14 bits per heavy atom. The Morgan fingerprint density at radius 3 is 2.14 bits per heavy atom. The predicted molar refractivity (Wildman–Crippen MR) is 70.4 cm³/mol. The van der Waals surface area contributed by atoms with E-state index in [1.807, 2.05) is 0 Å². The molecule has 0 fully saturated rings. The van der Waals surface area contributed by atoms with E-state index >= 15 is 0 Å². The van der Waals surface area contributed by atoms with Gasteiger partial charge in [0.1, 0.15) is 16.4 Å². The minimum Gasteiger partial charge on any atom is -0.496 e. The SMILES string of the molecule is COc1cc(S(=O)(=O)CC(F)(F)F)c(OC)cc1CCN. The largest absolute Gasteiger partial charge is 0.496 e. The van der Waals surface area contributed by atoms with Crippen LogP contribution in [0.5, 0.6) is 11.5 Å². The van der Waals surface area contributed by atoms with E-state index in [4.69, 9.17) is 15.2 Å². The predicted octanol–water partition coefficient (Wildman–Crippen LogP) is 1.54. The summed E-state index contributed by atoms with van der Waals surface area (Å²) >= 11 is 0. The highest BCUT2D eigenvalue weighted by Gasteiger charge is 2.37. The average Bonchev–Trinajstić information content (AvgIpc) is 2.35. The maximum Gasteiger partial charge on any atom is 0.403 e. The van der Waals surface area contributed by atoms with E-state index in [0.717, 1.165) is 6.07 Å². The first kappa shape index (κ1) is 17.6. The lowest BCUT2D eigenvalue weighted by Gasteiger charge is -2.15. The van der Waals surface area contributed by atoms with Gasteiger partial charge in [-0.1, -0.05) is 0 Å². The molecule has 9 heteroatoms. The fourth-order valence-electron chi connectivity index (χ4n) is 1.82. The lowest BCUT2D eigenvalue weighted by molar-refractivity contribution is -0.106. The third-order valence-electron chi connectivity index (χ3n) is 2.67. The summed E-state index contributed by atoms with van der Waals surface area (Å²) in [7, 11) is -2.11. The second-order valence-electron chi connectivity index (χ2n) is 4.23. The molecule has 0 atom stereocenters. The molecule has 21 heavy (non-hydrogen) atoms. The molecule has 0 spiro atoms. The van der Waals surface area contributed by atoms with Gasteiger partial charge in [0.2, 0.25) is 0 Å². The van der Waals surface area contributed by atoms with Crippen molar-refractivity contribution >= 4 is 9.84 Å². The molecule has 1 aromatic carbocycles. The molecule has 120 valence electrons. The minimum absolute atomic E-state index is 0.155. The van der Waals surface area contributed by atoms with Crippen molar-refractivity contribution < 1.29 is 31.1 Å². The smallest absolute Gasteiger partial charge is 0.403 e. The van der Waals surface area contributed by atoms with Crippen molar-refractivity contribution in [3.63, 3.8) is 0 Å². The van der Waals surface area contributed by atoms with Crippen LogP contribution in [0.25, 0.3) is 0 Å². The molecule has 0 aliphatic rings. The maximum absolute atomic E-state index is 12.4. The first-order chi connectivity index (χ1) is 9.64. The molecule has 0 unspecified atom stereocenters. The number of rotatable bonds is 6. The van der Waals surface area contributed by atoms with E-state index in [-0.39, 0.29) is 18.0 Å². The van der Waals surface area contributed by atoms with Crippen molar-refractivity contribution in [2.45, 2.75) is 17.5 Å². The summed E-state index contributed by atoms with van der Waals surface area (Å²) in [5.41, 5.74) is 5.98. The number of benzene rings is 1. The zero-order chi connectivity index (χ0) is 16.3. The number of alkyl halides is 3. The highest BCUT2D eigenvalue weighted by Crippen LogP contribution is 2.34. The van der Waals surface area contributed by atoms with Crippen LogP contribution in [0.15, 0.2) is 17.0 Å². The second kappa shape index (κ2) is 6.52. The highest BCUT2D eigenvalue weighted by molar-refractivity contribution is 7.91. The van der Waals surface area contributed by atoms with Gasteiger partial charge in [0.15, 0.2) is 15.6 Å².